The number of rotatable bonds is 5. The number of hydrogen-bond acceptors (Lipinski definition) is 5. The maximum Gasteiger partial charge on any atom is 0.228 e. The zero-order valence-corrected chi connectivity index (χ0v) is 17.1. The van der Waals surface area contributed by atoms with E-state index in [1.165, 1.54) is 0 Å². The van der Waals surface area contributed by atoms with Gasteiger partial charge < -0.3 is 20.1 Å². The average Bonchev–Trinajstić information content (AvgIpc) is 2.65. The molecule has 2 N–H and O–H groups in total. The SMILES string of the molecule is CC(C)(C)N1C=CC(NC(=O)Cc2cc(CN3CCOCC3)ccc2O)=CC1. The molecule has 0 unspecified atom stereocenters. The summed E-state index contributed by atoms with van der Waals surface area (Å²) < 4.78 is 5.38. The highest BCUT2D eigenvalue weighted by atomic mass is 16.5. The van der Waals surface area contributed by atoms with Crippen LogP contribution < -0.4 is 5.32 Å². The Hall–Kier alpha value is -2.31. The van der Waals surface area contributed by atoms with E-state index in [4.69, 9.17) is 4.74 Å². The highest BCUT2D eigenvalue weighted by Gasteiger charge is 2.19. The molecule has 0 aliphatic carbocycles. The van der Waals surface area contributed by atoms with Crippen LogP contribution in [0.25, 0.3) is 0 Å². The molecule has 6 nitrogen and oxygen atoms in total. The molecule has 0 atom stereocenters. The summed E-state index contributed by atoms with van der Waals surface area (Å²) in [5, 5.41) is 13.1. The van der Waals surface area contributed by atoms with Crippen LogP contribution in [0.1, 0.15) is 31.9 Å². The van der Waals surface area contributed by atoms with Gasteiger partial charge in [0.25, 0.3) is 0 Å². The van der Waals surface area contributed by atoms with Crippen LogP contribution in [0.2, 0.25) is 0 Å². The van der Waals surface area contributed by atoms with Crippen LogP contribution in [0.15, 0.2) is 42.2 Å². The van der Waals surface area contributed by atoms with Gasteiger partial charge in [0, 0.05) is 49.2 Å². The molecule has 2 aliphatic heterocycles. The van der Waals surface area contributed by atoms with Gasteiger partial charge in [-0.25, -0.2) is 0 Å². The Morgan fingerprint density at radius 3 is 2.64 bits per heavy atom. The largest absolute Gasteiger partial charge is 0.508 e. The van der Waals surface area contributed by atoms with Crippen LogP contribution in [-0.2, 0) is 22.5 Å². The van der Waals surface area contributed by atoms with Crippen molar-refractivity contribution < 1.29 is 14.6 Å². The Labute approximate surface area is 167 Å². The molecule has 152 valence electrons. The fourth-order valence-corrected chi connectivity index (χ4v) is 3.36. The minimum atomic E-state index is -0.126. The summed E-state index contributed by atoms with van der Waals surface area (Å²) >= 11 is 0. The Morgan fingerprint density at radius 2 is 2.00 bits per heavy atom. The van der Waals surface area contributed by atoms with E-state index in [0.29, 0.717) is 5.56 Å². The number of ether oxygens (including phenoxy) is 1. The van der Waals surface area contributed by atoms with E-state index >= 15 is 0 Å². The van der Waals surface area contributed by atoms with Crippen molar-refractivity contribution >= 4 is 5.91 Å². The monoisotopic (exact) mass is 385 g/mol. The third-order valence-corrected chi connectivity index (χ3v) is 5.09. The van der Waals surface area contributed by atoms with Gasteiger partial charge in [-0.2, -0.15) is 0 Å². The second-order valence-electron chi connectivity index (χ2n) is 8.37. The number of amides is 1. The number of hydrogen-bond donors (Lipinski definition) is 2. The minimum absolute atomic E-state index is 0.0508. The number of nitrogens with one attached hydrogen (secondary N) is 1. The minimum Gasteiger partial charge on any atom is -0.508 e. The molecule has 0 radical (unpaired) electrons. The lowest BCUT2D eigenvalue weighted by Gasteiger charge is -2.35. The lowest BCUT2D eigenvalue weighted by Crippen LogP contribution is -2.39. The summed E-state index contributed by atoms with van der Waals surface area (Å²) in [6.07, 6.45) is 6.09. The molecule has 2 aliphatic rings. The molecule has 0 aromatic heterocycles. The van der Waals surface area contributed by atoms with Crippen LogP contribution >= 0.6 is 0 Å². The first-order valence-corrected chi connectivity index (χ1v) is 9.87. The van der Waals surface area contributed by atoms with E-state index in [-0.39, 0.29) is 23.6 Å². The molecule has 1 aromatic carbocycles. The van der Waals surface area contributed by atoms with E-state index in [9.17, 15) is 9.90 Å². The van der Waals surface area contributed by atoms with E-state index < -0.39 is 0 Å². The molecule has 28 heavy (non-hydrogen) atoms. The quantitative estimate of drug-likeness (QED) is 0.815. The van der Waals surface area contributed by atoms with Gasteiger partial charge in [0.1, 0.15) is 5.75 Å². The molecule has 1 saturated heterocycles. The van der Waals surface area contributed by atoms with E-state index in [1.54, 1.807) is 6.07 Å². The smallest absolute Gasteiger partial charge is 0.228 e. The third-order valence-electron chi connectivity index (χ3n) is 5.09. The molecule has 1 fully saturated rings. The van der Waals surface area contributed by atoms with Crippen molar-refractivity contribution in [2.45, 2.75) is 39.3 Å². The molecule has 6 heteroatoms. The topological polar surface area (TPSA) is 65.0 Å². The third kappa shape index (κ3) is 5.59. The first kappa shape index (κ1) is 20.4. The fourth-order valence-electron chi connectivity index (χ4n) is 3.36. The van der Waals surface area contributed by atoms with Crippen LogP contribution in [0.3, 0.4) is 0 Å². The van der Waals surface area contributed by atoms with Gasteiger partial charge in [-0.15, -0.1) is 0 Å². The first-order valence-electron chi connectivity index (χ1n) is 9.87. The molecular weight excluding hydrogens is 354 g/mol. The number of phenols is 1. The van der Waals surface area contributed by atoms with Gasteiger partial charge in [0.2, 0.25) is 5.91 Å². The number of benzene rings is 1. The fraction of sp³-hybridized carbons (Fsp3) is 0.500. The van der Waals surface area contributed by atoms with Gasteiger partial charge >= 0.3 is 0 Å². The maximum absolute atomic E-state index is 12.5. The lowest BCUT2D eigenvalue weighted by molar-refractivity contribution is -0.119. The van der Waals surface area contributed by atoms with Crippen molar-refractivity contribution in [3.63, 3.8) is 0 Å². The zero-order chi connectivity index (χ0) is 20.1. The van der Waals surface area contributed by atoms with Crippen LogP contribution in [0.4, 0.5) is 0 Å². The Morgan fingerprint density at radius 1 is 1.25 bits per heavy atom. The predicted molar refractivity (Wildman–Crippen MR) is 110 cm³/mol. The van der Waals surface area contributed by atoms with Gasteiger partial charge in [-0.3, -0.25) is 9.69 Å². The van der Waals surface area contributed by atoms with Crippen LogP contribution in [0, 0.1) is 0 Å². The van der Waals surface area contributed by atoms with Crippen molar-refractivity contribution in [1.29, 1.82) is 0 Å². The van der Waals surface area contributed by atoms with Crippen molar-refractivity contribution in [3.05, 3.63) is 53.4 Å². The summed E-state index contributed by atoms with van der Waals surface area (Å²) in [7, 11) is 0. The number of phenolic OH excluding ortho intramolecular Hbond substituents is 1. The van der Waals surface area contributed by atoms with Gasteiger partial charge in [-0.05, 0) is 44.6 Å². The molecule has 0 saturated carbocycles. The summed E-state index contributed by atoms with van der Waals surface area (Å²) in [6, 6.07) is 5.52. The molecular formula is C22H31N3O3. The normalized spacial score (nSPS) is 18.1. The highest BCUT2D eigenvalue weighted by Crippen LogP contribution is 2.21. The first-order chi connectivity index (χ1) is 13.3. The number of aromatic hydroxyl groups is 1. The van der Waals surface area contributed by atoms with Gasteiger partial charge in [-0.1, -0.05) is 12.1 Å². The maximum atomic E-state index is 12.5. The van der Waals surface area contributed by atoms with Crippen molar-refractivity contribution in [2.24, 2.45) is 0 Å². The van der Waals surface area contributed by atoms with E-state index in [2.05, 4.69) is 35.9 Å². The number of allylic oxidation sites excluding steroid dienone is 1. The number of carbonyl (C=O) groups excluding carboxylic acids is 1. The van der Waals surface area contributed by atoms with Crippen molar-refractivity contribution in [3.8, 4) is 5.75 Å². The second-order valence-corrected chi connectivity index (χ2v) is 8.37. The Balaban J connectivity index is 1.57. The van der Waals surface area contributed by atoms with Gasteiger partial charge in [0.15, 0.2) is 0 Å². The van der Waals surface area contributed by atoms with Crippen molar-refractivity contribution in [2.75, 3.05) is 32.8 Å². The molecule has 0 spiro atoms. The predicted octanol–water partition coefficient (Wildman–Crippen LogP) is 2.39. The standard InChI is InChI=1S/C22H31N3O3/c1-22(2,3)25-8-6-19(7-9-25)23-21(27)15-18-14-17(4-5-20(18)26)16-24-10-12-28-13-11-24/h4-8,14,26H,9-13,15-16H2,1-3H3,(H,23,27). The lowest BCUT2D eigenvalue weighted by atomic mass is 10.0. The van der Waals surface area contributed by atoms with E-state index in [1.807, 2.05) is 30.5 Å². The second kappa shape index (κ2) is 8.80. The average molecular weight is 386 g/mol. The van der Waals surface area contributed by atoms with Crippen LogP contribution in [-0.4, -0.2) is 59.2 Å². The molecule has 0 bridgehead atoms. The number of carbonyl (C=O) groups is 1. The molecule has 1 aromatic rings. The molecule has 1 amide bonds. The van der Waals surface area contributed by atoms with Gasteiger partial charge in [0.05, 0.1) is 19.6 Å². The summed E-state index contributed by atoms with van der Waals surface area (Å²) in [5.74, 6) is 0.0342. The zero-order valence-electron chi connectivity index (χ0n) is 17.1. The van der Waals surface area contributed by atoms with E-state index in [0.717, 1.165) is 50.7 Å². The number of morpholine rings is 1. The number of nitrogens with zero attached hydrogens (tertiary/aromatic N) is 2. The molecule has 2 heterocycles. The Bertz CT molecular complexity index is 759. The Kier molecular flexibility index (Phi) is 6.42. The highest BCUT2D eigenvalue weighted by molar-refractivity contribution is 5.81. The van der Waals surface area contributed by atoms with Crippen LogP contribution in [0.5, 0.6) is 5.75 Å². The molecule has 3 rings (SSSR count). The summed E-state index contributed by atoms with van der Waals surface area (Å²) in [6.45, 7) is 11.3. The summed E-state index contributed by atoms with van der Waals surface area (Å²) in [5.41, 5.74) is 2.60. The summed E-state index contributed by atoms with van der Waals surface area (Å²) in [4.78, 5) is 17.0. The van der Waals surface area contributed by atoms with Crippen molar-refractivity contribution in [1.82, 2.24) is 15.1 Å².